The lowest BCUT2D eigenvalue weighted by Gasteiger charge is -2.34. The van der Waals surface area contributed by atoms with Crippen LogP contribution < -0.4 is 10.6 Å². The third-order valence-electron chi connectivity index (χ3n) is 5.12. The van der Waals surface area contributed by atoms with Crippen LogP contribution >= 0.6 is 0 Å². The number of carbonyl (C=O) groups excluding carboxylic acids is 2. The van der Waals surface area contributed by atoms with Crippen molar-refractivity contribution in [1.29, 1.82) is 0 Å². The molecule has 0 radical (unpaired) electrons. The summed E-state index contributed by atoms with van der Waals surface area (Å²) in [7, 11) is 0. The first-order chi connectivity index (χ1) is 12.0. The molecule has 1 aromatic rings. The summed E-state index contributed by atoms with van der Waals surface area (Å²) in [6, 6.07) is 2.82. The van der Waals surface area contributed by atoms with Crippen LogP contribution in [0.3, 0.4) is 0 Å². The van der Waals surface area contributed by atoms with Crippen LogP contribution in [0.25, 0.3) is 0 Å². The monoisotopic (exact) mass is 351 g/mol. The molecule has 2 aliphatic rings. The lowest BCUT2D eigenvalue weighted by molar-refractivity contribution is -0.132. The molecule has 1 saturated heterocycles. The highest BCUT2D eigenvalue weighted by Gasteiger charge is 2.38. The van der Waals surface area contributed by atoms with E-state index in [9.17, 15) is 18.4 Å². The summed E-state index contributed by atoms with van der Waals surface area (Å²) in [5.41, 5.74) is 0.342. The van der Waals surface area contributed by atoms with Gasteiger partial charge in [0.2, 0.25) is 5.91 Å². The highest BCUT2D eigenvalue weighted by molar-refractivity contribution is 5.88. The van der Waals surface area contributed by atoms with E-state index in [0.717, 1.165) is 25.3 Å². The molecule has 136 valence electrons. The van der Waals surface area contributed by atoms with E-state index in [4.69, 9.17) is 0 Å². The number of hydrogen-bond acceptors (Lipinski definition) is 2. The summed E-state index contributed by atoms with van der Waals surface area (Å²) in [5, 5.41) is 5.36. The van der Waals surface area contributed by atoms with Gasteiger partial charge in [0, 0.05) is 31.1 Å². The van der Waals surface area contributed by atoms with Gasteiger partial charge in [0.25, 0.3) is 0 Å². The zero-order valence-corrected chi connectivity index (χ0v) is 14.2. The van der Waals surface area contributed by atoms with Crippen molar-refractivity contribution in [3.8, 4) is 0 Å². The topological polar surface area (TPSA) is 61.4 Å². The van der Waals surface area contributed by atoms with Crippen LogP contribution in [0.1, 0.15) is 44.1 Å². The Morgan fingerprint density at radius 3 is 2.72 bits per heavy atom. The lowest BCUT2D eigenvalue weighted by Crippen LogP contribution is -2.49. The normalized spacial score (nSPS) is 21.8. The number of nitrogens with zero attached hydrogens (tertiary/aromatic N) is 1. The Balaban J connectivity index is 1.47. The van der Waals surface area contributed by atoms with Gasteiger partial charge in [0.05, 0.1) is 0 Å². The molecular formula is C18H23F2N3O2. The first-order valence-corrected chi connectivity index (χ1v) is 8.75. The van der Waals surface area contributed by atoms with Gasteiger partial charge in [-0.05, 0) is 37.3 Å². The molecule has 2 atom stereocenters. The maximum Gasteiger partial charge on any atom is 0.315 e. The Morgan fingerprint density at radius 2 is 2.08 bits per heavy atom. The maximum atomic E-state index is 13.7. The van der Waals surface area contributed by atoms with E-state index in [1.54, 1.807) is 6.92 Å². The third kappa shape index (κ3) is 3.91. The van der Waals surface area contributed by atoms with Crippen LogP contribution in [-0.4, -0.2) is 42.0 Å². The van der Waals surface area contributed by atoms with Gasteiger partial charge >= 0.3 is 6.03 Å². The van der Waals surface area contributed by atoms with E-state index in [1.165, 1.54) is 12.1 Å². The minimum absolute atomic E-state index is 0.0162. The molecule has 0 bridgehead atoms. The number of carbonyl (C=O) groups is 2. The van der Waals surface area contributed by atoms with Crippen LogP contribution in [-0.2, 0) is 4.79 Å². The fraction of sp³-hybridized carbons (Fsp3) is 0.556. The van der Waals surface area contributed by atoms with Gasteiger partial charge in [0.15, 0.2) is 0 Å². The zero-order valence-electron chi connectivity index (χ0n) is 14.2. The fourth-order valence-electron chi connectivity index (χ4n) is 3.36. The van der Waals surface area contributed by atoms with Crippen molar-refractivity contribution in [2.24, 2.45) is 0 Å². The van der Waals surface area contributed by atoms with Crippen LogP contribution in [0, 0.1) is 11.6 Å². The van der Waals surface area contributed by atoms with Gasteiger partial charge in [-0.25, -0.2) is 13.6 Å². The predicted molar refractivity (Wildman–Crippen MR) is 89.1 cm³/mol. The Morgan fingerprint density at radius 1 is 1.32 bits per heavy atom. The number of likely N-dealkylation sites (tertiary alicyclic amines) is 1. The first-order valence-electron chi connectivity index (χ1n) is 8.75. The van der Waals surface area contributed by atoms with Crippen molar-refractivity contribution in [3.63, 3.8) is 0 Å². The molecule has 1 aliphatic carbocycles. The number of urea groups is 1. The average molecular weight is 351 g/mol. The second kappa shape index (κ2) is 7.37. The minimum Gasteiger partial charge on any atom is -0.338 e. The molecule has 2 N–H and O–H groups in total. The van der Waals surface area contributed by atoms with Crippen molar-refractivity contribution < 1.29 is 18.4 Å². The molecule has 5 nitrogen and oxygen atoms in total. The molecule has 1 saturated carbocycles. The molecule has 3 amide bonds. The number of amides is 3. The molecule has 0 aromatic heterocycles. The summed E-state index contributed by atoms with van der Waals surface area (Å²) < 4.78 is 26.7. The van der Waals surface area contributed by atoms with Crippen molar-refractivity contribution in [2.75, 3.05) is 13.1 Å². The summed E-state index contributed by atoms with van der Waals surface area (Å²) in [6.07, 6.45) is 3.87. The van der Waals surface area contributed by atoms with Gasteiger partial charge in [0.1, 0.15) is 17.7 Å². The molecule has 0 spiro atoms. The highest BCUT2D eigenvalue weighted by Crippen LogP contribution is 2.28. The largest absolute Gasteiger partial charge is 0.338 e. The highest BCUT2D eigenvalue weighted by atomic mass is 19.1. The van der Waals surface area contributed by atoms with Gasteiger partial charge < -0.3 is 15.5 Å². The van der Waals surface area contributed by atoms with E-state index in [1.807, 2.05) is 4.90 Å². The second-order valence-electron chi connectivity index (χ2n) is 6.88. The molecule has 2 fully saturated rings. The zero-order chi connectivity index (χ0) is 18.0. The molecule has 7 heteroatoms. The van der Waals surface area contributed by atoms with E-state index < -0.39 is 23.7 Å². The molecule has 1 aliphatic heterocycles. The summed E-state index contributed by atoms with van der Waals surface area (Å²) >= 11 is 0. The third-order valence-corrected chi connectivity index (χ3v) is 5.12. The molecule has 1 aromatic carbocycles. The Kier molecular flexibility index (Phi) is 5.20. The Hall–Kier alpha value is -2.18. The number of rotatable bonds is 5. The van der Waals surface area contributed by atoms with Crippen molar-refractivity contribution in [3.05, 3.63) is 35.4 Å². The second-order valence-corrected chi connectivity index (χ2v) is 6.88. The number of nitrogens with one attached hydrogen (secondary N) is 2. The molecule has 2 unspecified atom stereocenters. The van der Waals surface area contributed by atoms with E-state index in [2.05, 4.69) is 10.6 Å². The van der Waals surface area contributed by atoms with Gasteiger partial charge in [-0.15, -0.1) is 0 Å². The SMILES string of the molecule is CC(CNC(=O)NC1CCN(C2CCC2)C1=O)c1ccc(F)cc1F. The van der Waals surface area contributed by atoms with E-state index >= 15 is 0 Å². The van der Waals surface area contributed by atoms with Crippen LogP contribution in [0.15, 0.2) is 18.2 Å². The molecule has 3 rings (SSSR count). The smallest absolute Gasteiger partial charge is 0.315 e. The van der Waals surface area contributed by atoms with Crippen LogP contribution in [0.2, 0.25) is 0 Å². The first kappa shape index (κ1) is 17.6. The number of benzene rings is 1. The van der Waals surface area contributed by atoms with E-state index in [0.29, 0.717) is 24.6 Å². The molecular weight excluding hydrogens is 328 g/mol. The summed E-state index contributed by atoms with van der Waals surface area (Å²) in [4.78, 5) is 26.2. The standard InChI is InChI=1S/C18H23F2N3O2/c1-11(14-6-5-12(19)9-15(14)20)10-21-18(25)22-16-7-8-23(17(16)24)13-3-2-4-13/h5-6,9,11,13,16H,2-4,7-8,10H2,1H3,(H2,21,22,25). The van der Waals surface area contributed by atoms with Crippen molar-refractivity contribution in [2.45, 2.75) is 50.6 Å². The van der Waals surface area contributed by atoms with Gasteiger partial charge in [-0.3, -0.25) is 4.79 Å². The predicted octanol–water partition coefficient (Wildman–Crippen LogP) is 2.52. The lowest BCUT2D eigenvalue weighted by atomic mass is 9.92. The average Bonchev–Trinajstić information content (AvgIpc) is 2.85. The quantitative estimate of drug-likeness (QED) is 0.856. The Bertz CT molecular complexity index is 664. The number of hydrogen-bond donors (Lipinski definition) is 2. The van der Waals surface area contributed by atoms with E-state index in [-0.39, 0.29) is 18.4 Å². The van der Waals surface area contributed by atoms with Crippen molar-refractivity contribution in [1.82, 2.24) is 15.5 Å². The Labute approximate surface area is 145 Å². The molecule has 1 heterocycles. The fourth-order valence-corrected chi connectivity index (χ4v) is 3.36. The van der Waals surface area contributed by atoms with Crippen LogP contribution in [0.5, 0.6) is 0 Å². The van der Waals surface area contributed by atoms with Crippen LogP contribution in [0.4, 0.5) is 13.6 Å². The van der Waals surface area contributed by atoms with Gasteiger partial charge in [-0.1, -0.05) is 13.0 Å². The van der Waals surface area contributed by atoms with Crippen molar-refractivity contribution >= 4 is 11.9 Å². The van der Waals surface area contributed by atoms with Gasteiger partial charge in [-0.2, -0.15) is 0 Å². The minimum atomic E-state index is -0.630. The molecule has 25 heavy (non-hydrogen) atoms. The maximum absolute atomic E-state index is 13.7. The summed E-state index contributed by atoms with van der Waals surface area (Å²) in [5.74, 6) is -1.58. The number of halogens is 2. The summed E-state index contributed by atoms with van der Waals surface area (Å²) in [6.45, 7) is 2.63.